The highest BCUT2D eigenvalue weighted by molar-refractivity contribution is 6.30. The molecule has 212 valence electrons. The molecule has 2 aromatic carbocycles. The summed E-state index contributed by atoms with van der Waals surface area (Å²) >= 11 is 6.32. The van der Waals surface area contributed by atoms with E-state index in [0.717, 1.165) is 92.9 Å². The minimum Gasteiger partial charge on any atom is -0.487 e. The highest BCUT2D eigenvalue weighted by Gasteiger charge is 2.42. The van der Waals surface area contributed by atoms with Crippen molar-refractivity contribution in [2.24, 2.45) is 17.8 Å². The molecule has 2 saturated carbocycles. The van der Waals surface area contributed by atoms with Gasteiger partial charge in [-0.2, -0.15) is 0 Å². The number of carbonyl (C=O) groups excluding carboxylic acids is 1. The molecule has 0 unspecified atom stereocenters. The van der Waals surface area contributed by atoms with Crippen LogP contribution in [-0.2, 0) is 22.5 Å². The fourth-order valence-electron chi connectivity index (χ4n) is 6.94. The molecule has 2 aliphatic carbocycles. The summed E-state index contributed by atoms with van der Waals surface area (Å²) in [5, 5.41) is 11.1. The summed E-state index contributed by atoms with van der Waals surface area (Å²) < 4.78 is 17.6. The highest BCUT2D eigenvalue weighted by atomic mass is 35.5. The zero-order valence-corrected chi connectivity index (χ0v) is 24.0. The molecule has 1 aliphatic heterocycles. The van der Waals surface area contributed by atoms with E-state index in [1.165, 1.54) is 12.7 Å². The zero-order chi connectivity index (χ0) is 27.4. The van der Waals surface area contributed by atoms with Gasteiger partial charge in [0.15, 0.2) is 0 Å². The van der Waals surface area contributed by atoms with Gasteiger partial charge in [0.2, 0.25) is 0 Å². The number of aliphatic hydroxyl groups is 1. The van der Waals surface area contributed by atoms with E-state index in [-0.39, 0.29) is 18.2 Å². The van der Waals surface area contributed by atoms with Crippen molar-refractivity contribution in [1.29, 1.82) is 0 Å². The summed E-state index contributed by atoms with van der Waals surface area (Å²) in [6.45, 7) is 2.21. The SMILES string of the molecule is COC(=O)c1ccc2c(c1)N(C[C@@H]1CC[C@H]1[C@@H](OC)[C@H]1CCC[C@@H](O)C1)CCCCc1cc(Cl)ccc1CO2. The second-order valence-corrected chi connectivity index (χ2v) is 12.0. The lowest BCUT2D eigenvalue weighted by atomic mass is 9.65. The van der Waals surface area contributed by atoms with Crippen LogP contribution in [0.4, 0.5) is 5.69 Å². The van der Waals surface area contributed by atoms with Gasteiger partial charge in [-0.05, 0) is 111 Å². The number of aliphatic hydroxyl groups excluding tert-OH is 1. The maximum Gasteiger partial charge on any atom is 0.337 e. The lowest BCUT2D eigenvalue weighted by Crippen LogP contribution is -2.47. The van der Waals surface area contributed by atoms with Crippen molar-refractivity contribution >= 4 is 23.3 Å². The molecule has 0 aromatic heterocycles. The molecular weight excluding hydrogens is 514 g/mol. The number of rotatable bonds is 6. The monoisotopic (exact) mass is 555 g/mol. The molecular formula is C32H42ClNO5. The number of methoxy groups -OCH3 is 2. The first-order chi connectivity index (χ1) is 19.0. The summed E-state index contributed by atoms with van der Waals surface area (Å²) in [7, 11) is 3.25. The molecule has 1 N–H and O–H groups in total. The summed E-state index contributed by atoms with van der Waals surface area (Å²) in [5.74, 6) is 1.82. The molecule has 3 aliphatic rings. The van der Waals surface area contributed by atoms with E-state index in [0.29, 0.717) is 29.9 Å². The van der Waals surface area contributed by atoms with Crippen molar-refractivity contribution in [1.82, 2.24) is 0 Å². The predicted octanol–water partition coefficient (Wildman–Crippen LogP) is 6.44. The smallest absolute Gasteiger partial charge is 0.337 e. The van der Waals surface area contributed by atoms with Crippen molar-refractivity contribution in [3.8, 4) is 5.75 Å². The van der Waals surface area contributed by atoms with Gasteiger partial charge in [-0.1, -0.05) is 24.1 Å². The molecule has 0 amide bonds. The first kappa shape index (κ1) is 28.3. The van der Waals surface area contributed by atoms with E-state index < -0.39 is 0 Å². The van der Waals surface area contributed by atoms with Gasteiger partial charge in [0.05, 0.1) is 30.6 Å². The molecule has 5 rings (SSSR count). The number of hydrogen-bond acceptors (Lipinski definition) is 6. The van der Waals surface area contributed by atoms with E-state index in [1.54, 1.807) is 6.07 Å². The van der Waals surface area contributed by atoms with Crippen LogP contribution in [0.25, 0.3) is 0 Å². The fraction of sp³-hybridized carbons (Fsp3) is 0.594. The van der Waals surface area contributed by atoms with Crippen LogP contribution in [0.2, 0.25) is 5.02 Å². The molecule has 0 spiro atoms. The number of fused-ring (bicyclic) bond motifs is 2. The Bertz CT molecular complexity index is 1140. The number of hydrogen-bond donors (Lipinski definition) is 1. The second-order valence-electron chi connectivity index (χ2n) is 11.6. The number of aryl methyl sites for hydroxylation is 1. The van der Waals surface area contributed by atoms with Crippen LogP contribution in [0.1, 0.15) is 72.9 Å². The number of nitrogens with zero attached hydrogens (tertiary/aromatic N) is 1. The fourth-order valence-corrected chi connectivity index (χ4v) is 7.13. The summed E-state index contributed by atoms with van der Waals surface area (Å²) in [5.41, 5.74) is 3.86. The molecule has 5 atom stereocenters. The summed E-state index contributed by atoms with van der Waals surface area (Å²) in [6.07, 6.45) is 9.27. The lowest BCUT2D eigenvalue weighted by molar-refractivity contribution is -0.0721. The Morgan fingerprint density at radius 2 is 1.95 bits per heavy atom. The molecule has 0 saturated heterocycles. The van der Waals surface area contributed by atoms with E-state index >= 15 is 0 Å². The molecule has 2 aromatic rings. The third-order valence-corrected chi connectivity index (χ3v) is 9.41. The number of benzene rings is 2. The average Bonchev–Trinajstić information content (AvgIpc) is 2.96. The Labute approximate surface area is 237 Å². The molecule has 2 fully saturated rings. The molecule has 1 heterocycles. The average molecular weight is 556 g/mol. The van der Waals surface area contributed by atoms with Gasteiger partial charge in [-0.3, -0.25) is 0 Å². The van der Waals surface area contributed by atoms with E-state index in [1.807, 2.05) is 25.3 Å². The van der Waals surface area contributed by atoms with E-state index in [4.69, 9.17) is 25.8 Å². The third kappa shape index (κ3) is 6.55. The standard InChI is InChI=1S/C32H42ClNO5/c1-37-31(22-7-5-8-27(35)17-22)28-13-10-24(28)19-34-15-4-3-6-21-16-26(33)12-9-25(21)20-39-30-14-11-23(18-29(30)34)32(36)38-2/h9,11-12,14,16,18,22,24,27-28,31,35H,3-8,10,13,15,17,19-20H2,1-2H3/t22-,24-,27+,28+,31-/m0/s1. The molecule has 39 heavy (non-hydrogen) atoms. The van der Waals surface area contributed by atoms with Crippen LogP contribution in [0.15, 0.2) is 36.4 Å². The molecule has 0 bridgehead atoms. The minimum absolute atomic E-state index is 0.180. The van der Waals surface area contributed by atoms with Crippen molar-refractivity contribution in [2.45, 2.75) is 76.6 Å². The maximum absolute atomic E-state index is 12.5. The highest BCUT2D eigenvalue weighted by Crippen LogP contribution is 2.45. The summed E-state index contributed by atoms with van der Waals surface area (Å²) in [6, 6.07) is 11.7. The second kappa shape index (κ2) is 12.9. The normalized spacial score (nSPS) is 26.2. The van der Waals surface area contributed by atoms with E-state index in [9.17, 15) is 9.90 Å². The van der Waals surface area contributed by atoms with Gasteiger partial charge >= 0.3 is 5.97 Å². The Balaban J connectivity index is 1.40. The number of halogens is 1. The van der Waals surface area contributed by atoms with Crippen LogP contribution >= 0.6 is 11.6 Å². The van der Waals surface area contributed by atoms with Crippen molar-refractivity contribution in [3.05, 3.63) is 58.1 Å². The van der Waals surface area contributed by atoms with Crippen LogP contribution in [-0.4, -0.2) is 50.6 Å². The quantitative estimate of drug-likeness (QED) is 0.414. The van der Waals surface area contributed by atoms with Crippen LogP contribution < -0.4 is 9.64 Å². The number of ether oxygens (including phenoxy) is 3. The third-order valence-electron chi connectivity index (χ3n) is 9.17. The summed E-state index contributed by atoms with van der Waals surface area (Å²) in [4.78, 5) is 14.9. The lowest BCUT2D eigenvalue weighted by Gasteiger charge is -2.47. The van der Waals surface area contributed by atoms with Crippen LogP contribution in [0.3, 0.4) is 0 Å². The molecule has 6 nitrogen and oxygen atoms in total. The Hall–Kier alpha value is -2.28. The largest absolute Gasteiger partial charge is 0.487 e. The number of anilines is 1. The van der Waals surface area contributed by atoms with Gasteiger partial charge in [-0.15, -0.1) is 0 Å². The van der Waals surface area contributed by atoms with Crippen molar-refractivity contribution in [2.75, 3.05) is 32.2 Å². The van der Waals surface area contributed by atoms with Gasteiger partial charge in [0, 0.05) is 25.2 Å². The molecule has 0 radical (unpaired) electrons. The van der Waals surface area contributed by atoms with Crippen molar-refractivity contribution < 1.29 is 24.1 Å². The number of carbonyl (C=O) groups is 1. The maximum atomic E-state index is 12.5. The first-order valence-electron chi connectivity index (χ1n) is 14.5. The van der Waals surface area contributed by atoms with Crippen LogP contribution in [0.5, 0.6) is 5.75 Å². The predicted molar refractivity (Wildman–Crippen MR) is 154 cm³/mol. The van der Waals surface area contributed by atoms with Gasteiger partial charge in [-0.25, -0.2) is 4.79 Å². The Morgan fingerprint density at radius 3 is 2.69 bits per heavy atom. The van der Waals surface area contributed by atoms with Crippen LogP contribution in [0, 0.1) is 17.8 Å². The molecule has 7 heteroatoms. The van der Waals surface area contributed by atoms with Gasteiger partial charge < -0.3 is 24.2 Å². The van der Waals surface area contributed by atoms with E-state index in [2.05, 4.69) is 17.0 Å². The minimum atomic E-state index is -0.344. The van der Waals surface area contributed by atoms with Gasteiger partial charge in [0.1, 0.15) is 12.4 Å². The Morgan fingerprint density at radius 1 is 1.08 bits per heavy atom. The topological polar surface area (TPSA) is 68.2 Å². The van der Waals surface area contributed by atoms with Crippen molar-refractivity contribution in [3.63, 3.8) is 0 Å². The zero-order valence-electron chi connectivity index (χ0n) is 23.2. The first-order valence-corrected chi connectivity index (χ1v) is 14.9. The number of esters is 1. The Kier molecular flexibility index (Phi) is 9.36. The van der Waals surface area contributed by atoms with Gasteiger partial charge in [0.25, 0.3) is 0 Å².